The van der Waals surface area contributed by atoms with Crippen LogP contribution in [0.15, 0.2) is 30.3 Å². The molecule has 1 aliphatic carbocycles. The zero-order chi connectivity index (χ0) is 30.3. The summed E-state index contributed by atoms with van der Waals surface area (Å²) >= 11 is 0. The highest BCUT2D eigenvalue weighted by molar-refractivity contribution is 6.02. The van der Waals surface area contributed by atoms with E-state index in [0.717, 1.165) is 0 Å². The lowest BCUT2D eigenvalue weighted by molar-refractivity contribution is -0.157. The predicted octanol–water partition coefficient (Wildman–Crippen LogP) is -1.23. The van der Waals surface area contributed by atoms with Gasteiger partial charge in [0.1, 0.15) is 58.9 Å². The van der Waals surface area contributed by atoms with Crippen LogP contribution >= 0.6 is 0 Å². The highest BCUT2D eigenvalue weighted by Crippen LogP contribution is 2.44. The summed E-state index contributed by atoms with van der Waals surface area (Å²) in [5.74, 6) is -1.16. The Bertz CT molecular complexity index is 1300. The Morgan fingerprint density at radius 1 is 1.00 bits per heavy atom. The third kappa shape index (κ3) is 5.47. The van der Waals surface area contributed by atoms with E-state index < -0.39 is 79.2 Å². The van der Waals surface area contributed by atoms with Crippen molar-refractivity contribution in [3.8, 4) is 28.7 Å². The van der Waals surface area contributed by atoms with Crippen molar-refractivity contribution < 1.29 is 69.3 Å². The van der Waals surface area contributed by atoms with Crippen LogP contribution in [0.25, 0.3) is 0 Å². The molecule has 14 nitrogen and oxygen atoms in total. The van der Waals surface area contributed by atoms with Gasteiger partial charge in [-0.2, -0.15) is 0 Å². The second-order valence-electron chi connectivity index (χ2n) is 10.8. The number of rotatable bonds is 8. The topological polar surface area (TPSA) is 225 Å². The van der Waals surface area contributed by atoms with Gasteiger partial charge in [0.25, 0.3) is 0 Å². The van der Waals surface area contributed by atoms with Gasteiger partial charge < -0.3 is 64.5 Å². The molecule has 0 spiro atoms. The number of carbonyl (C=O) groups excluding carboxylic acids is 1. The van der Waals surface area contributed by atoms with Gasteiger partial charge in [0, 0.05) is 24.7 Å². The first-order valence-corrected chi connectivity index (χ1v) is 13.4. The molecule has 2 fully saturated rings. The fraction of sp³-hybridized carbons (Fsp3) is 0.536. The molecule has 2 heterocycles. The number of aromatic hydroxyl groups is 1. The highest BCUT2D eigenvalue weighted by Gasteiger charge is 2.49. The second kappa shape index (κ2) is 11.8. The minimum absolute atomic E-state index is 0.0147. The van der Waals surface area contributed by atoms with E-state index >= 15 is 0 Å². The fourth-order valence-corrected chi connectivity index (χ4v) is 5.42. The minimum atomic E-state index is -1.87. The first-order chi connectivity index (χ1) is 20.0. The van der Waals surface area contributed by atoms with E-state index in [1.165, 1.54) is 25.3 Å². The molecule has 1 saturated carbocycles. The summed E-state index contributed by atoms with van der Waals surface area (Å²) < 4.78 is 28.2. The number of carbonyl (C=O) groups is 1. The maximum atomic E-state index is 13.0. The zero-order valence-corrected chi connectivity index (χ0v) is 22.6. The van der Waals surface area contributed by atoms with Crippen LogP contribution < -0.4 is 18.9 Å². The van der Waals surface area contributed by atoms with Crippen LogP contribution in [-0.4, -0.2) is 116 Å². The number of aliphatic hydroxyl groups excluding tert-OH is 6. The van der Waals surface area contributed by atoms with Gasteiger partial charge in [-0.3, -0.25) is 4.79 Å². The molecule has 14 heteroatoms. The quantitative estimate of drug-likeness (QED) is 0.179. The average molecular weight is 595 g/mol. The van der Waals surface area contributed by atoms with Crippen LogP contribution in [0.3, 0.4) is 0 Å². The van der Waals surface area contributed by atoms with Crippen LogP contribution in [0.2, 0.25) is 0 Å². The number of phenolic OH excluding ortho intramolecular Hbond substituents is 1. The van der Waals surface area contributed by atoms with Crippen molar-refractivity contribution >= 4 is 5.78 Å². The molecule has 0 radical (unpaired) electrons. The molecule has 0 amide bonds. The average Bonchev–Trinajstić information content (AvgIpc) is 3.26. The van der Waals surface area contributed by atoms with Crippen molar-refractivity contribution in [3.05, 3.63) is 41.5 Å². The van der Waals surface area contributed by atoms with Gasteiger partial charge in [-0.05, 0) is 24.1 Å². The largest absolute Gasteiger partial charge is 0.507 e. The molecule has 2 aromatic rings. The monoisotopic (exact) mass is 594 g/mol. The SMILES string of the molecule is COc1cc(C2CC(=O)c3c(O)cc(OC4CC(CO)C(O)C(O)C4O)cc3O2)ccc1OC1OCC(O)(CO)C1O. The van der Waals surface area contributed by atoms with E-state index in [0.29, 0.717) is 5.56 Å². The van der Waals surface area contributed by atoms with Crippen LogP contribution in [0.4, 0.5) is 0 Å². The molecule has 9 unspecified atom stereocenters. The lowest BCUT2D eigenvalue weighted by Gasteiger charge is -2.39. The van der Waals surface area contributed by atoms with Crippen LogP contribution in [0.1, 0.15) is 34.9 Å². The van der Waals surface area contributed by atoms with Gasteiger partial charge in [-0.1, -0.05) is 6.07 Å². The van der Waals surface area contributed by atoms with Crippen molar-refractivity contribution in [2.75, 3.05) is 26.9 Å². The summed E-state index contributed by atoms with van der Waals surface area (Å²) in [6.07, 6.45) is -9.11. The third-order valence-corrected chi connectivity index (χ3v) is 7.98. The molecule has 0 bridgehead atoms. The third-order valence-electron chi connectivity index (χ3n) is 7.98. The molecular formula is C28H34O14. The Morgan fingerprint density at radius 2 is 1.76 bits per heavy atom. The summed E-state index contributed by atoms with van der Waals surface area (Å²) in [4.78, 5) is 13.0. The molecule has 3 aliphatic rings. The van der Waals surface area contributed by atoms with Crippen molar-refractivity contribution in [2.24, 2.45) is 5.92 Å². The van der Waals surface area contributed by atoms with Crippen molar-refractivity contribution in [2.45, 2.75) is 61.4 Å². The maximum Gasteiger partial charge on any atom is 0.229 e. The molecule has 2 aliphatic heterocycles. The van der Waals surface area contributed by atoms with Gasteiger partial charge in [0.05, 0.1) is 32.8 Å². The summed E-state index contributed by atoms with van der Waals surface area (Å²) in [6.45, 7) is -1.50. The lowest BCUT2D eigenvalue weighted by Crippen LogP contribution is -2.56. The molecule has 9 atom stereocenters. The molecule has 230 valence electrons. The molecule has 0 aromatic heterocycles. The van der Waals surface area contributed by atoms with Gasteiger partial charge in [0.2, 0.25) is 6.29 Å². The van der Waals surface area contributed by atoms with Crippen molar-refractivity contribution in [3.63, 3.8) is 0 Å². The van der Waals surface area contributed by atoms with E-state index in [9.17, 15) is 45.6 Å². The number of hydrogen-bond acceptors (Lipinski definition) is 14. The number of fused-ring (bicyclic) bond motifs is 1. The highest BCUT2D eigenvalue weighted by atomic mass is 16.7. The number of phenols is 1. The zero-order valence-electron chi connectivity index (χ0n) is 22.6. The summed E-state index contributed by atoms with van der Waals surface area (Å²) in [7, 11) is 1.38. The molecule has 1 saturated heterocycles. The first-order valence-electron chi connectivity index (χ1n) is 13.4. The minimum Gasteiger partial charge on any atom is -0.507 e. The van der Waals surface area contributed by atoms with E-state index in [2.05, 4.69) is 0 Å². The van der Waals surface area contributed by atoms with E-state index in [-0.39, 0.29) is 48.0 Å². The Morgan fingerprint density at radius 3 is 2.43 bits per heavy atom. The number of benzene rings is 2. The number of Topliss-reactive ketones (excluding diaryl/α,β-unsaturated/α-hetero) is 1. The Kier molecular flexibility index (Phi) is 8.51. The number of ketones is 1. The standard InChI is InChI=1S/C28H34O14/c1-38-19-4-12(2-3-17(19)42-27-26(36)28(37,10-30)11-39-27)18-8-16(32)22-15(31)6-14(7-20(22)41-18)40-21-5-13(9-29)23(33)25(35)24(21)34/h2-4,6-7,13,18,21,23-27,29-31,33-37H,5,8-11H2,1H3. The van der Waals surface area contributed by atoms with Gasteiger partial charge in [-0.25, -0.2) is 0 Å². The molecule has 8 N–H and O–H groups in total. The number of ether oxygens (including phenoxy) is 5. The maximum absolute atomic E-state index is 13.0. The summed E-state index contributed by atoms with van der Waals surface area (Å²) in [5, 5.41) is 80.6. The summed E-state index contributed by atoms with van der Waals surface area (Å²) in [6, 6.07) is 7.21. The lowest BCUT2D eigenvalue weighted by atomic mass is 9.81. The van der Waals surface area contributed by atoms with Gasteiger partial charge in [0.15, 0.2) is 17.3 Å². The van der Waals surface area contributed by atoms with Crippen molar-refractivity contribution in [1.82, 2.24) is 0 Å². The molecule has 42 heavy (non-hydrogen) atoms. The normalized spacial score (nSPS) is 34.4. The van der Waals surface area contributed by atoms with Gasteiger partial charge in [-0.15, -0.1) is 0 Å². The van der Waals surface area contributed by atoms with Crippen molar-refractivity contribution in [1.29, 1.82) is 0 Å². The molecular weight excluding hydrogens is 560 g/mol. The number of methoxy groups -OCH3 is 1. The second-order valence-corrected chi connectivity index (χ2v) is 10.8. The number of aliphatic hydroxyl groups is 7. The smallest absolute Gasteiger partial charge is 0.229 e. The first kappa shape index (κ1) is 30.3. The van der Waals surface area contributed by atoms with Gasteiger partial charge >= 0.3 is 0 Å². The Labute approximate surface area is 239 Å². The molecule has 5 rings (SSSR count). The predicted molar refractivity (Wildman–Crippen MR) is 139 cm³/mol. The van der Waals surface area contributed by atoms with E-state index in [1.54, 1.807) is 12.1 Å². The van der Waals surface area contributed by atoms with E-state index in [1.807, 2.05) is 0 Å². The Hall–Kier alpha value is -3.21. The summed E-state index contributed by atoms with van der Waals surface area (Å²) in [5.41, 5.74) is -1.41. The van der Waals surface area contributed by atoms with Crippen LogP contribution in [-0.2, 0) is 4.74 Å². The fourth-order valence-electron chi connectivity index (χ4n) is 5.42. The number of hydrogen-bond donors (Lipinski definition) is 8. The van der Waals surface area contributed by atoms with E-state index in [4.69, 9.17) is 23.7 Å². The molecule has 2 aromatic carbocycles. The Balaban J connectivity index is 1.35. The van der Waals surface area contributed by atoms with Crippen LogP contribution in [0.5, 0.6) is 28.7 Å². The van der Waals surface area contributed by atoms with Crippen LogP contribution in [0, 0.1) is 5.92 Å².